The van der Waals surface area contributed by atoms with E-state index in [4.69, 9.17) is 21.3 Å². The summed E-state index contributed by atoms with van der Waals surface area (Å²) in [5.74, 6) is -2.41. The molecular weight excluding hydrogens is 254 g/mol. The van der Waals surface area contributed by atoms with Gasteiger partial charge in [0.25, 0.3) is 0 Å². The molecule has 110 valence electrons. The highest BCUT2D eigenvalue weighted by Gasteiger charge is 2.23. The second-order valence-electron chi connectivity index (χ2n) is 4.15. The van der Waals surface area contributed by atoms with Crippen molar-refractivity contribution in [1.82, 2.24) is 5.32 Å². The van der Waals surface area contributed by atoms with Gasteiger partial charge in [0.05, 0.1) is 6.04 Å². The number of aliphatic carboxylic acids is 1. The summed E-state index contributed by atoms with van der Waals surface area (Å²) in [6, 6.07) is -1.96. The van der Waals surface area contributed by atoms with Gasteiger partial charge in [-0.3, -0.25) is 9.59 Å². The van der Waals surface area contributed by atoms with Crippen LogP contribution in [0.15, 0.2) is 0 Å². The molecule has 0 aliphatic rings. The van der Waals surface area contributed by atoms with E-state index in [1.165, 1.54) is 7.11 Å². The van der Waals surface area contributed by atoms with Crippen LogP contribution in [0.4, 0.5) is 0 Å². The average Bonchev–Trinajstić information content (AvgIpc) is 2.33. The highest BCUT2D eigenvalue weighted by atomic mass is 16.5. The second kappa shape index (κ2) is 9.29. The van der Waals surface area contributed by atoms with Crippen molar-refractivity contribution in [3.05, 3.63) is 0 Å². The van der Waals surface area contributed by atoms with Crippen molar-refractivity contribution in [2.45, 2.75) is 37.8 Å². The maximum atomic E-state index is 11.6. The normalized spacial score (nSPS) is 13.6. The number of carbonyl (C=O) groups is 3. The van der Waals surface area contributed by atoms with Crippen LogP contribution in [-0.2, 0) is 19.1 Å². The summed E-state index contributed by atoms with van der Waals surface area (Å²) >= 11 is 0. The van der Waals surface area contributed by atoms with E-state index in [-0.39, 0.29) is 12.8 Å². The van der Waals surface area contributed by atoms with Gasteiger partial charge in [-0.2, -0.15) is 0 Å². The Kier molecular flexibility index (Phi) is 8.47. The third-order valence-corrected chi connectivity index (χ3v) is 2.49. The SMILES string of the molecule is COCCCC(N)C(=O)NC(CCC(N)=O)C(=O)O. The molecule has 6 N–H and O–H groups in total. The lowest BCUT2D eigenvalue weighted by Gasteiger charge is -2.17. The molecule has 2 atom stereocenters. The Morgan fingerprint density at radius 3 is 2.42 bits per heavy atom. The first-order chi connectivity index (χ1) is 8.88. The predicted molar refractivity (Wildman–Crippen MR) is 67.1 cm³/mol. The molecule has 0 fully saturated rings. The fraction of sp³-hybridized carbons (Fsp3) is 0.727. The Morgan fingerprint density at radius 2 is 1.95 bits per heavy atom. The van der Waals surface area contributed by atoms with Crippen LogP contribution in [0.3, 0.4) is 0 Å². The van der Waals surface area contributed by atoms with Gasteiger partial charge in [0.2, 0.25) is 11.8 Å². The number of amides is 2. The van der Waals surface area contributed by atoms with E-state index < -0.39 is 29.9 Å². The van der Waals surface area contributed by atoms with Gasteiger partial charge in [-0.25, -0.2) is 4.79 Å². The minimum atomic E-state index is -1.22. The molecule has 19 heavy (non-hydrogen) atoms. The summed E-state index contributed by atoms with van der Waals surface area (Å²) in [7, 11) is 1.54. The van der Waals surface area contributed by atoms with Gasteiger partial charge in [0, 0.05) is 20.1 Å². The lowest BCUT2D eigenvalue weighted by atomic mass is 10.1. The molecule has 0 bridgehead atoms. The molecular formula is C11H21N3O5. The molecule has 2 unspecified atom stereocenters. The fourth-order valence-corrected chi connectivity index (χ4v) is 1.40. The summed E-state index contributed by atoms with van der Waals surface area (Å²) in [6.45, 7) is 0.477. The molecule has 0 aromatic rings. The van der Waals surface area contributed by atoms with Gasteiger partial charge < -0.3 is 26.6 Å². The summed E-state index contributed by atoms with van der Waals surface area (Å²) < 4.78 is 4.82. The molecule has 0 saturated heterocycles. The van der Waals surface area contributed by atoms with E-state index in [9.17, 15) is 14.4 Å². The molecule has 0 aromatic heterocycles. The quantitative estimate of drug-likeness (QED) is 0.360. The van der Waals surface area contributed by atoms with Crippen LogP contribution < -0.4 is 16.8 Å². The van der Waals surface area contributed by atoms with Crippen molar-refractivity contribution in [2.75, 3.05) is 13.7 Å². The zero-order valence-electron chi connectivity index (χ0n) is 10.9. The van der Waals surface area contributed by atoms with Crippen molar-refractivity contribution in [3.63, 3.8) is 0 Å². The van der Waals surface area contributed by atoms with E-state index >= 15 is 0 Å². The molecule has 0 aliphatic carbocycles. The summed E-state index contributed by atoms with van der Waals surface area (Å²) in [5, 5.41) is 11.2. The van der Waals surface area contributed by atoms with E-state index in [0.717, 1.165) is 0 Å². The van der Waals surface area contributed by atoms with Crippen molar-refractivity contribution in [3.8, 4) is 0 Å². The minimum Gasteiger partial charge on any atom is -0.480 e. The molecule has 8 nitrogen and oxygen atoms in total. The Morgan fingerprint density at radius 1 is 1.32 bits per heavy atom. The summed E-state index contributed by atoms with van der Waals surface area (Å²) in [4.78, 5) is 33.1. The number of hydrogen-bond donors (Lipinski definition) is 4. The zero-order chi connectivity index (χ0) is 14.8. The van der Waals surface area contributed by atoms with Crippen molar-refractivity contribution < 1.29 is 24.2 Å². The van der Waals surface area contributed by atoms with E-state index in [1.54, 1.807) is 0 Å². The number of ether oxygens (including phenoxy) is 1. The van der Waals surface area contributed by atoms with Gasteiger partial charge in [-0.05, 0) is 19.3 Å². The average molecular weight is 275 g/mol. The summed E-state index contributed by atoms with van der Waals surface area (Å²) in [6.07, 6.45) is 0.823. The van der Waals surface area contributed by atoms with Crippen LogP contribution in [0.2, 0.25) is 0 Å². The molecule has 0 spiro atoms. The molecule has 0 radical (unpaired) electrons. The van der Waals surface area contributed by atoms with E-state index in [1.807, 2.05) is 0 Å². The minimum absolute atomic E-state index is 0.0544. The van der Waals surface area contributed by atoms with Crippen LogP contribution >= 0.6 is 0 Å². The van der Waals surface area contributed by atoms with Crippen LogP contribution in [0, 0.1) is 0 Å². The molecule has 0 aromatic carbocycles. The lowest BCUT2D eigenvalue weighted by Crippen LogP contribution is -2.48. The standard InChI is InChI=1S/C11H21N3O5/c1-19-6-2-3-7(12)10(16)14-8(11(17)18)4-5-9(13)15/h7-8H,2-6,12H2,1H3,(H2,13,15)(H,14,16)(H,17,18). The molecule has 0 rings (SSSR count). The Hall–Kier alpha value is -1.67. The van der Waals surface area contributed by atoms with E-state index in [2.05, 4.69) is 5.32 Å². The highest BCUT2D eigenvalue weighted by Crippen LogP contribution is 2.00. The number of carbonyl (C=O) groups excluding carboxylic acids is 2. The monoisotopic (exact) mass is 275 g/mol. The predicted octanol–water partition coefficient (Wildman–Crippen LogP) is -1.42. The Labute approximate surface area is 111 Å². The molecule has 0 saturated carbocycles. The number of methoxy groups -OCH3 is 1. The first-order valence-electron chi connectivity index (χ1n) is 5.94. The smallest absolute Gasteiger partial charge is 0.326 e. The van der Waals surface area contributed by atoms with Gasteiger partial charge in [0.15, 0.2) is 0 Å². The largest absolute Gasteiger partial charge is 0.480 e. The van der Waals surface area contributed by atoms with Gasteiger partial charge in [0.1, 0.15) is 6.04 Å². The number of rotatable bonds is 10. The number of nitrogens with two attached hydrogens (primary N) is 2. The third kappa shape index (κ3) is 8.11. The number of carboxylic acid groups (broad SMARTS) is 1. The van der Waals surface area contributed by atoms with Crippen molar-refractivity contribution in [2.24, 2.45) is 11.5 Å². The lowest BCUT2D eigenvalue weighted by molar-refractivity contribution is -0.142. The van der Waals surface area contributed by atoms with Crippen LogP contribution in [-0.4, -0.2) is 48.7 Å². The van der Waals surface area contributed by atoms with Crippen LogP contribution in [0.1, 0.15) is 25.7 Å². The van der Waals surface area contributed by atoms with Crippen molar-refractivity contribution >= 4 is 17.8 Å². The number of nitrogens with one attached hydrogen (secondary N) is 1. The van der Waals surface area contributed by atoms with Crippen molar-refractivity contribution in [1.29, 1.82) is 0 Å². The number of carboxylic acids is 1. The van der Waals surface area contributed by atoms with Gasteiger partial charge >= 0.3 is 5.97 Å². The maximum absolute atomic E-state index is 11.6. The highest BCUT2D eigenvalue weighted by molar-refractivity contribution is 5.87. The van der Waals surface area contributed by atoms with Gasteiger partial charge in [-0.1, -0.05) is 0 Å². The molecule has 8 heteroatoms. The van der Waals surface area contributed by atoms with Crippen LogP contribution in [0.25, 0.3) is 0 Å². The first-order valence-corrected chi connectivity index (χ1v) is 5.94. The topological polar surface area (TPSA) is 145 Å². The summed E-state index contributed by atoms with van der Waals surface area (Å²) in [5.41, 5.74) is 10.5. The number of primary amides is 1. The fourth-order valence-electron chi connectivity index (χ4n) is 1.40. The molecule has 2 amide bonds. The zero-order valence-corrected chi connectivity index (χ0v) is 10.9. The Bertz CT molecular complexity index is 321. The van der Waals surface area contributed by atoms with E-state index in [0.29, 0.717) is 19.4 Å². The second-order valence-corrected chi connectivity index (χ2v) is 4.15. The molecule has 0 heterocycles. The molecule has 0 aliphatic heterocycles. The first kappa shape index (κ1) is 17.3. The van der Waals surface area contributed by atoms with Crippen LogP contribution in [0.5, 0.6) is 0 Å². The maximum Gasteiger partial charge on any atom is 0.326 e. The third-order valence-electron chi connectivity index (χ3n) is 2.49. The Balaban J connectivity index is 4.22. The number of hydrogen-bond acceptors (Lipinski definition) is 5. The van der Waals surface area contributed by atoms with Gasteiger partial charge in [-0.15, -0.1) is 0 Å².